The molecular formula is C21H14FN3O. The van der Waals surface area contributed by atoms with Gasteiger partial charge in [-0.1, -0.05) is 12.1 Å². The van der Waals surface area contributed by atoms with Crippen molar-refractivity contribution in [2.75, 3.05) is 0 Å². The number of benzene rings is 2. The van der Waals surface area contributed by atoms with Crippen molar-refractivity contribution in [1.29, 1.82) is 5.26 Å². The van der Waals surface area contributed by atoms with Crippen LogP contribution < -0.4 is 0 Å². The van der Waals surface area contributed by atoms with Gasteiger partial charge in [0, 0.05) is 18.7 Å². The second kappa shape index (κ2) is 6.34. The number of hydrogen-bond acceptors (Lipinski definition) is 3. The Morgan fingerprint density at radius 1 is 1.12 bits per heavy atom. The lowest BCUT2D eigenvalue weighted by Crippen LogP contribution is -1.95. The second-order valence-corrected chi connectivity index (χ2v) is 5.86. The summed E-state index contributed by atoms with van der Waals surface area (Å²) in [6.07, 6.45) is 1.66. The summed E-state index contributed by atoms with van der Waals surface area (Å²) >= 11 is 0. The smallest absolute Gasteiger partial charge is 0.151 e. The minimum Gasteiger partial charge on any atom is -0.457 e. The quantitative estimate of drug-likeness (QED) is 0.490. The maximum absolute atomic E-state index is 13.1. The maximum Gasteiger partial charge on any atom is 0.151 e. The molecule has 2 heterocycles. The van der Waals surface area contributed by atoms with Gasteiger partial charge in [-0.05, 0) is 48.5 Å². The van der Waals surface area contributed by atoms with Gasteiger partial charge in [0.1, 0.15) is 23.4 Å². The predicted molar refractivity (Wildman–Crippen MR) is 98.3 cm³/mol. The van der Waals surface area contributed by atoms with Gasteiger partial charge in [0.15, 0.2) is 5.82 Å². The molecule has 0 saturated carbocycles. The number of aromatic nitrogens is 2. The van der Waals surface area contributed by atoms with Gasteiger partial charge in [0.25, 0.3) is 0 Å². The lowest BCUT2D eigenvalue weighted by molar-refractivity contribution is 0.571. The molecule has 0 N–H and O–H groups in total. The zero-order valence-electron chi connectivity index (χ0n) is 14.0. The van der Waals surface area contributed by atoms with Crippen molar-refractivity contribution in [2.24, 2.45) is 7.05 Å². The number of furan rings is 1. The van der Waals surface area contributed by atoms with E-state index < -0.39 is 0 Å². The highest BCUT2D eigenvalue weighted by Crippen LogP contribution is 2.26. The molecule has 0 amide bonds. The molecule has 4 nitrogen and oxygen atoms in total. The van der Waals surface area contributed by atoms with Crippen LogP contribution in [0.3, 0.4) is 0 Å². The fourth-order valence-electron chi connectivity index (χ4n) is 2.88. The molecule has 0 aliphatic rings. The van der Waals surface area contributed by atoms with E-state index in [0.29, 0.717) is 22.9 Å². The van der Waals surface area contributed by atoms with Crippen molar-refractivity contribution in [1.82, 2.24) is 9.55 Å². The molecule has 0 radical (unpaired) electrons. The van der Waals surface area contributed by atoms with E-state index in [9.17, 15) is 9.65 Å². The van der Waals surface area contributed by atoms with Crippen molar-refractivity contribution in [3.63, 3.8) is 0 Å². The van der Waals surface area contributed by atoms with E-state index in [2.05, 4.69) is 11.1 Å². The fourth-order valence-corrected chi connectivity index (χ4v) is 2.88. The normalized spacial score (nSPS) is 11.7. The Labute approximate surface area is 149 Å². The Hall–Kier alpha value is -3.65. The third-order valence-electron chi connectivity index (χ3n) is 4.19. The van der Waals surface area contributed by atoms with Crippen molar-refractivity contribution in [3.05, 3.63) is 78.1 Å². The molecule has 2 aromatic heterocycles. The van der Waals surface area contributed by atoms with Crippen LogP contribution in [0.1, 0.15) is 11.6 Å². The summed E-state index contributed by atoms with van der Waals surface area (Å²) in [5.74, 6) is 1.42. The average Bonchev–Trinajstić information content (AvgIpc) is 3.26. The van der Waals surface area contributed by atoms with Gasteiger partial charge in [0.05, 0.1) is 16.6 Å². The first-order valence-corrected chi connectivity index (χ1v) is 8.05. The average molecular weight is 343 g/mol. The van der Waals surface area contributed by atoms with Gasteiger partial charge >= 0.3 is 0 Å². The first kappa shape index (κ1) is 15.9. The van der Waals surface area contributed by atoms with Crippen molar-refractivity contribution >= 4 is 22.7 Å². The number of aryl methyl sites for hydroxylation is 1. The SMILES string of the molecule is Cn1c(/C(C#N)=C/c2ccc(-c3ccc(F)cc3)o2)nc2ccccc21. The lowest BCUT2D eigenvalue weighted by Gasteiger charge is -2.00. The second-order valence-electron chi connectivity index (χ2n) is 5.86. The predicted octanol–water partition coefficient (Wildman–Crippen LogP) is 5.04. The molecule has 126 valence electrons. The molecule has 0 fully saturated rings. The van der Waals surface area contributed by atoms with Gasteiger partial charge in [-0.2, -0.15) is 5.26 Å². The van der Waals surface area contributed by atoms with Crippen LogP contribution in [-0.2, 0) is 7.05 Å². The monoisotopic (exact) mass is 343 g/mol. The largest absolute Gasteiger partial charge is 0.457 e. The van der Waals surface area contributed by atoms with E-state index in [-0.39, 0.29) is 5.82 Å². The summed E-state index contributed by atoms with van der Waals surface area (Å²) in [5, 5.41) is 9.59. The van der Waals surface area contributed by atoms with E-state index in [4.69, 9.17) is 4.42 Å². The molecule has 2 aromatic carbocycles. The number of allylic oxidation sites excluding steroid dienone is 1. The van der Waals surface area contributed by atoms with Gasteiger partial charge < -0.3 is 8.98 Å². The number of nitriles is 1. The highest BCUT2D eigenvalue weighted by molar-refractivity contribution is 5.90. The Balaban J connectivity index is 1.73. The Morgan fingerprint density at radius 3 is 2.62 bits per heavy atom. The number of hydrogen-bond donors (Lipinski definition) is 0. The minimum absolute atomic E-state index is 0.297. The Kier molecular flexibility index (Phi) is 3.86. The highest BCUT2D eigenvalue weighted by Gasteiger charge is 2.13. The van der Waals surface area contributed by atoms with E-state index in [1.807, 2.05) is 35.9 Å². The molecule has 4 rings (SSSR count). The van der Waals surface area contributed by atoms with Crippen LogP contribution in [0, 0.1) is 17.1 Å². The number of para-hydroxylation sites is 2. The molecule has 5 heteroatoms. The zero-order valence-corrected chi connectivity index (χ0v) is 14.0. The van der Waals surface area contributed by atoms with Gasteiger partial charge in [0.2, 0.25) is 0 Å². The summed E-state index contributed by atoms with van der Waals surface area (Å²) in [5.41, 5.74) is 2.96. The molecule has 0 spiro atoms. The molecule has 0 aliphatic heterocycles. The fraction of sp³-hybridized carbons (Fsp3) is 0.0476. The molecule has 4 aromatic rings. The van der Waals surface area contributed by atoms with E-state index in [1.54, 1.807) is 30.3 Å². The molecular weight excluding hydrogens is 329 g/mol. The Bertz CT molecular complexity index is 1160. The van der Waals surface area contributed by atoms with Crippen LogP contribution in [0.15, 0.2) is 65.1 Å². The maximum atomic E-state index is 13.1. The van der Waals surface area contributed by atoms with Crippen molar-refractivity contribution in [2.45, 2.75) is 0 Å². The lowest BCUT2D eigenvalue weighted by atomic mass is 10.2. The van der Waals surface area contributed by atoms with Gasteiger partial charge in [-0.3, -0.25) is 0 Å². The summed E-state index contributed by atoms with van der Waals surface area (Å²) in [6, 6.07) is 19.5. The van der Waals surface area contributed by atoms with Crippen LogP contribution in [0.25, 0.3) is 34.0 Å². The van der Waals surface area contributed by atoms with Crippen LogP contribution in [-0.4, -0.2) is 9.55 Å². The minimum atomic E-state index is -0.297. The number of nitrogens with zero attached hydrogens (tertiary/aromatic N) is 3. The third kappa shape index (κ3) is 2.78. The third-order valence-corrected chi connectivity index (χ3v) is 4.19. The summed E-state index contributed by atoms with van der Waals surface area (Å²) in [7, 11) is 1.88. The Morgan fingerprint density at radius 2 is 1.88 bits per heavy atom. The molecule has 0 atom stereocenters. The molecule has 0 saturated heterocycles. The van der Waals surface area contributed by atoms with Crippen LogP contribution in [0.4, 0.5) is 4.39 Å². The molecule has 26 heavy (non-hydrogen) atoms. The van der Waals surface area contributed by atoms with E-state index in [0.717, 1.165) is 16.6 Å². The zero-order chi connectivity index (χ0) is 18.1. The van der Waals surface area contributed by atoms with E-state index in [1.165, 1.54) is 12.1 Å². The summed E-state index contributed by atoms with van der Waals surface area (Å²) in [6.45, 7) is 0. The highest BCUT2D eigenvalue weighted by atomic mass is 19.1. The van der Waals surface area contributed by atoms with Gasteiger partial charge in [-0.15, -0.1) is 0 Å². The number of rotatable bonds is 3. The summed E-state index contributed by atoms with van der Waals surface area (Å²) in [4.78, 5) is 4.54. The first-order valence-electron chi connectivity index (χ1n) is 8.05. The number of imidazole rings is 1. The summed E-state index contributed by atoms with van der Waals surface area (Å²) < 4.78 is 20.7. The molecule has 0 unspecified atom stereocenters. The van der Waals surface area contributed by atoms with Crippen molar-refractivity contribution in [3.8, 4) is 17.4 Å². The van der Waals surface area contributed by atoms with E-state index >= 15 is 0 Å². The standard InChI is InChI=1S/C21H14FN3O/c1-25-19-5-3-2-4-18(19)24-21(25)15(13-23)12-17-10-11-20(26-17)14-6-8-16(22)9-7-14/h2-12H,1H3/b15-12+. The van der Waals surface area contributed by atoms with Crippen LogP contribution in [0.5, 0.6) is 0 Å². The topological polar surface area (TPSA) is 54.8 Å². The van der Waals surface area contributed by atoms with Crippen LogP contribution >= 0.6 is 0 Å². The van der Waals surface area contributed by atoms with Gasteiger partial charge in [-0.25, -0.2) is 9.37 Å². The number of halogens is 1. The van der Waals surface area contributed by atoms with Crippen LogP contribution in [0.2, 0.25) is 0 Å². The van der Waals surface area contributed by atoms with Crippen molar-refractivity contribution < 1.29 is 8.81 Å². The number of fused-ring (bicyclic) bond motifs is 1. The molecule has 0 bridgehead atoms. The first-order chi connectivity index (χ1) is 12.7. The molecule has 0 aliphatic carbocycles.